The zero-order valence-corrected chi connectivity index (χ0v) is 12.4. The lowest BCUT2D eigenvalue weighted by Crippen LogP contribution is -2.43. The molecule has 1 aliphatic carbocycles. The molecule has 1 aromatic carbocycles. The van der Waals surface area contributed by atoms with Gasteiger partial charge >= 0.3 is 6.18 Å². The molecule has 1 N–H and O–H groups in total. The van der Waals surface area contributed by atoms with Crippen LogP contribution in [-0.4, -0.2) is 16.1 Å². The number of hydrogen-bond donors (Lipinski definition) is 1. The first-order valence-electron chi connectivity index (χ1n) is 6.59. The number of halogens is 4. The minimum atomic E-state index is -5.02. The van der Waals surface area contributed by atoms with E-state index in [0.717, 1.165) is 36.3 Å². The number of nitrogens with one attached hydrogen (secondary N) is 1. The topological polar surface area (TPSA) is 62.9 Å². The van der Waals surface area contributed by atoms with E-state index < -0.39 is 28.8 Å². The Balaban J connectivity index is 2.32. The Kier molecular flexibility index (Phi) is 4.71. The van der Waals surface area contributed by atoms with Gasteiger partial charge in [-0.1, -0.05) is 0 Å². The Labute approximate surface area is 134 Å². The molecule has 0 unspecified atom stereocenters. The van der Waals surface area contributed by atoms with E-state index in [4.69, 9.17) is 22.7 Å². The SMILES string of the molecule is N#Cc1ccc(NC(=S)N(C#N)C2CCC2)c(F)c1C(F)(F)F. The smallest absolute Gasteiger partial charge is 0.329 e. The number of nitrogens with zero attached hydrogens (tertiary/aromatic N) is 3. The average molecular weight is 342 g/mol. The summed E-state index contributed by atoms with van der Waals surface area (Å²) in [7, 11) is 0. The van der Waals surface area contributed by atoms with E-state index in [1.807, 2.05) is 6.19 Å². The molecule has 1 aliphatic rings. The van der Waals surface area contributed by atoms with Crippen molar-refractivity contribution in [1.29, 1.82) is 10.5 Å². The molecule has 23 heavy (non-hydrogen) atoms. The van der Waals surface area contributed by atoms with Crippen molar-refractivity contribution in [3.05, 3.63) is 29.1 Å². The lowest BCUT2D eigenvalue weighted by molar-refractivity contribution is -0.140. The number of alkyl halides is 3. The summed E-state index contributed by atoms with van der Waals surface area (Å²) in [6.45, 7) is 0. The molecule has 0 bridgehead atoms. The summed E-state index contributed by atoms with van der Waals surface area (Å²) < 4.78 is 52.9. The maximum absolute atomic E-state index is 14.1. The quantitative estimate of drug-likeness (QED) is 0.384. The van der Waals surface area contributed by atoms with Crippen molar-refractivity contribution >= 4 is 23.0 Å². The summed E-state index contributed by atoms with van der Waals surface area (Å²) in [5.74, 6) is -1.62. The predicted octanol–water partition coefficient (Wildman–Crippen LogP) is 3.75. The van der Waals surface area contributed by atoms with Crippen LogP contribution in [0.4, 0.5) is 23.2 Å². The molecular weight excluding hydrogens is 332 g/mol. The molecule has 2 rings (SSSR count). The Bertz CT molecular complexity index is 713. The van der Waals surface area contributed by atoms with Crippen LogP contribution in [0.5, 0.6) is 0 Å². The summed E-state index contributed by atoms with van der Waals surface area (Å²) >= 11 is 4.97. The van der Waals surface area contributed by atoms with Gasteiger partial charge in [0.2, 0.25) is 0 Å². The highest BCUT2D eigenvalue weighted by Gasteiger charge is 2.38. The highest BCUT2D eigenvalue weighted by molar-refractivity contribution is 7.80. The molecule has 9 heteroatoms. The summed E-state index contributed by atoms with van der Waals surface area (Å²) in [6.07, 6.45) is -0.777. The second-order valence-corrected chi connectivity index (χ2v) is 5.33. The van der Waals surface area contributed by atoms with Gasteiger partial charge in [-0.05, 0) is 43.6 Å². The van der Waals surface area contributed by atoms with Gasteiger partial charge < -0.3 is 5.32 Å². The fourth-order valence-electron chi connectivity index (χ4n) is 2.16. The third-order valence-electron chi connectivity index (χ3n) is 3.55. The number of thiocarbonyl (C=S) groups is 1. The van der Waals surface area contributed by atoms with Crippen molar-refractivity contribution in [2.45, 2.75) is 31.5 Å². The maximum Gasteiger partial charge on any atom is 0.420 e. The monoisotopic (exact) mass is 342 g/mol. The molecule has 0 amide bonds. The molecule has 1 saturated carbocycles. The van der Waals surface area contributed by atoms with Crippen LogP contribution in [0, 0.1) is 28.6 Å². The molecule has 1 fully saturated rings. The molecule has 4 nitrogen and oxygen atoms in total. The molecule has 1 aromatic rings. The zero-order valence-electron chi connectivity index (χ0n) is 11.6. The Morgan fingerprint density at radius 1 is 1.30 bits per heavy atom. The summed E-state index contributed by atoms with van der Waals surface area (Å²) in [5.41, 5.74) is -3.00. The first-order chi connectivity index (χ1) is 10.8. The normalized spacial score (nSPS) is 14.3. The van der Waals surface area contributed by atoms with Gasteiger partial charge in [0.15, 0.2) is 17.1 Å². The van der Waals surface area contributed by atoms with Gasteiger partial charge in [-0.2, -0.15) is 23.7 Å². The molecule has 0 spiro atoms. The summed E-state index contributed by atoms with van der Waals surface area (Å²) in [5, 5.41) is 19.9. The minimum Gasteiger partial charge on any atom is -0.329 e. The van der Waals surface area contributed by atoms with Gasteiger partial charge in [-0.15, -0.1) is 0 Å². The van der Waals surface area contributed by atoms with E-state index in [2.05, 4.69) is 5.32 Å². The van der Waals surface area contributed by atoms with Crippen LogP contribution in [0.15, 0.2) is 12.1 Å². The van der Waals surface area contributed by atoms with Crippen LogP contribution in [0.25, 0.3) is 0 Å². The maximum atomic E-state index is 14.1. The fourth-order valence-corrected chi connectivity index (χ4v) is 2.46. The average Bonchev–Trinajstić information content (AvgIpc) is 2.42. The van der Waals surface area contributed by atoms with Gasteiger partial charge in [0.05, 0.1) is 17.3 Å². The van der Waals surface area contributed by atoms with Crippen molar-refractivity contribution in [3.8, 4) is 12.3 Å². The molecule has 120 valence electrons. The lowest BCUT2D eigenvalue weighted by atomic mass is 9.92. The third kappa shape index (κ3) is 3.35. The first kappa shape index (κ1) is 17.0. The number of nitriles is 2. The third-order valence-corrected chi connectivity index (χ3v) is 3.85. The zero-order chi connectivity index (χ0) is 17.2. The second-order valence-electron chi connectivity index (χ2n) is 4.94. The standard InChI is InChI=1S/C14H10F4N4S/c15-12-10(5-4-8(6-19)11(12)14(16,17)18)21-13(23)22(7-20)9-2-1-3-9/h4-5,9H,1-3H2,(H,21,23). The number of benzene rings is 1. The van der Waals surface area contributed by atoms with E-state index in [1.54, 1.807) is 0 Å². The van der Waals surface area contributed by atoms with Crippen LogP contribution < -0.4 is 5.32 Å². The molecule has 0 aliphatic heterocycles. The molecule has 0 radical (unpaired) electrons. The van der Waals surface area contributed by atoms with E-state index in [9.17, 15) is 17.6 Å². The lowest BCUT2D eigenvalue weighted by Gasteiger charge is -2.33. The Morgan fingerprint density at radius 3 is 2.39 bits per heavy atom. The van der Waals surface area contributed by atoms with Crippen LogP contribution in [-0.2, 0) is 6.18 Å². The molecule has 0 atom stereocenters. The predicted molar refractivity (Wildman–Crippen MR) is 77.4 cm³/mol. The molecule has 0 heterocycles. The summed E-state index contributed by atoms with van der Waals surface area (Å²) in [4.78, 5) is 1.14. The van der Waals surface area contributed by atoms with E-state index in [0.29, 0.717) is 0 Å². The van der Waals surface area contributed by atoms with Crippen LogP contribution >= 0.6 is 12.2 Å². The Morgan fingerprint density at radius 2 is 1.96 bits per heavy atom. The van der Waals surface area contributed by atoms with Crippen molar-refractivity contribution in [1.82, 2.24) is 4.90 Å². The first-order valence-corrected chi connectivity index (χ1v) is 7.00. The molecular formula is C14H10F4N4S. The summed E-state index contributed by atoms with van der Waals surface area (Å²) in [6, 6.07) is 3.04. The van der Waals surface area contributed by atoms with E-state index in [-0.39, 0.29) is 11.2 Å². The van der Waals surface area contributed by atoms with Gasteiger partial charge in [0, 0.05) is 6.04 Å². The highest BCUT2D eigenvalue weighted by Crippen LogP contribution is 2.36. The van der Waals surface area contributed by atoms with Gasteiger partial charge in [-0.3, -0.25) is 4.90 Å². The van der Waals surface area contributed by atoms with Crippen molar-refractivity contribution in [2.75, 3.05) is 5.32 Å². The number of anilines is 1. The van der Waals surface area contributed by atoms with E-state index in [1.165, 1.54) is 6.07 Å². The molecule has 0 aromatic heterocycles. The molecule has 0 saturated heterocycles. The van der Waals surface area contributed by atoms with Gasteiger partial charge in [-0.25, -0.2) is 4.39 Å². The van der Waals surface area contributed by atoms with Gasteiger partial charge in [0.25, 0.3) is 0 Å². The van der Waals surface area contributed by atoms with E-state index >= 15 is 0 Å². The highest BCUT2D eigenvalue weighted by atomic mass is 32.1. The number of hydrogen-bond acceptors (Lipinski definition) is 3. The second kappa shape index (κ2) is 6.39. The van der Waals surface area contributed by atoms with Crippen LogP contribution in [0.3, 0.4) is 0 Å². The van der Waals surface area contributed by atoms with Crippen molar-refractivity contribution < 1.29 is 17.6 Å². The van der Waals surface area contributed by atoms with Crippen molar-refractivity contribution in [3.63, 3.8) is 0 Å². The number of rotatable bonds is 2. The van der Waals surface area contributed by atoms with Crippen LogP contribution in [0.1, 0.15) is 30.4 Å². The largest absolute Gasteiger partial charge is 0.420 e. The van der Waals surface area contributed by atoms with Crippen LogP contribution in [0.2, 0.25) is 0 Å². The van der Waals surface area contributed by atoms with Gasteiger partial charge in [0.1, 0.15) is 5.56 Å². The fraction of sp³-hybridized carbons (Fsp3) is 0.357. The minimum absolute atomic E-state index is 0.122. The Hall–Kier alpha value is -2.39. The van der Waals surface area contributed by atoms with Crippen molar-refractivity contribution in [2.24, 2.45) is 0 Å².